The van der Waals surface area contributed by atoms with Gasteiger partial charge in [0.25, 0.3) is 0 Å². The summed E-state index contributed by atoms with van der Waals surface area (Å²) in [5.74, 6) is 2.11. The molecule has 0 unspecified atom stereocenters. The second-order valence-electron chi connectivity index (χ2n) is 5.99. The van der Waals surface area contributed by atoms with Crippen LogP contribution in [0, 0.1) is 25.1 Å². The molecule has 2 amide bonds. The molecule has 0 spiro atoms. The molecular formula is C21H21FN2O2S. The fourth-order valence-electron chi connectivity index (χ4n) is 2.31. The van der Waals surface area contributed by atoms with E-state index < -0.39 is 0 Å². The van der Waals surface area contributed by atoms with E-state index >= 15 is 0 Å². The molecule has 0 saturated heterocycles. The number of aryl methyl sites for hydroxylation is 1. The number of thioether (sulfide) groups is 1. The highest BCUT2D eigenvalue weighted by Gasteiger charge is 2.14. The van der Waals surface area contributed by atoms with Crippen molar-refractivity contribution in [3.63, 3.8) is 0 Å². The van der Waals surface area contributed by atoms with Crippen LogP contribution in [0.5, 0.6) is 0 Å². The summed E-state index contributed by atoms with van der Waals surface area (Å²) >= 11 is 1.23. The Balaban J connectivity index is 1.80. The van der Waals surface area contributed by atoms with E-state index in [2.05, 4.69) is 11.2 Å². The van der Waals surface area contributed by atoms with Gasteiger partial charge >= 0.3 is 0 Å². The first kappa shape index (κ1) is 20.5. The molecule has 0 aromatic heterocycles. The minimum Gasteiger partial charge on any atom is -0.327 e. The summed E-state index contributed by atoms with van der Waals surface area (Å²) in [7, 11) is 0. The van der Waals surface area contributed by atoms with E-state index in [4.69, 9.17) is 6.42 Å². The molecule has 0 heterocycles. The van der Waals surface area contributed by atoms with Gasteiger partial charge in [0, 0.05) is 12.2 Å². The Kier molecular flexibility index (Phi) is 7.90. The van der Waals surface area contributed by atoms with Crippen LogP contribution in [0.4, 0.5) is 10.1 Å². The fourth-order valence-corrected chi connectivity index (χ4v) is 3.03. The van der Waals surface area contributed by atoms with Gasteiger partial charge in [0.2, 0.25) is 11.8 Å². The van der Waals surface area contributed by atoms with Crippen molar-refractivity contribution < 1.29 is 14.0 Å². The number of anilines is 1. The van der Waals surface area contributed by atoms with Crippen LogP contribution in [0.15, 0.2) is 48.5 Å². The molecule has 0 fully saturated rings. The van der Waals surface area contributed by atoms with Crippen molar-refractivity contribution in [2.24, 2.45) is 0 Å². The van der Waals surface area contributed by atoms with Crippen LogP contribution in [-0.2, 0) is 16.1 Å². The molecule has 140 valence electrons. The van der Waals surface area contributed by atoms with Gasteiger partial charge in [0.15, 0.2) is 0 Å². The number of rotatable bonds is 8. The molecule has 0 saturated carbocycles. The molecule has 4 nitrogen and oxygen atoms in total. The Hall–Kier alpha value is -2.78. The van der Waals surface area contributed by atoms with Crippen LogP contribution in [-0.4, -0.2) is 34.8 Å². The maximum Gasteiger partial charge on any atom is 0.234 e. The van der Waals surface area contributed by atoms with Crippen LogP contribution >= 0.6 is 11.8 Å². The highest BCUT2D eigenvalue weighted by atomic mass is 32.2. The summed E-state index contributed by atoms with van der Waals surface area (Å²) in [5, 5.41) is 2.79. The monoisotopic (exact) mass is 384 g/mol. The lowest BCUT2D eigenvalue weighted by atomic mass is 10.2. The summed E-state index contributed by atoms with van der Waals surface area (Å²) < 4.78 is 13.0. The molecule has 2 aromatic carbocycles. The predicted octanol–water partition coefficient (Wildman–Crippen LogP) is 3.47. The smallest absolute Gasteiger partial charge is 0.234 e. The second-order valence-corrected chi connectivity index (χ2v) is 6.97. The van der Waals surface area contributed by atoms with E-state index in [1.54, 1.807) is 12.1 Å². The van der Waals surface area contributed by atoms with Crippen LogP contribution in [0.2, 0.25) is 0 Å². The molecule has 0 aliphatic heterocycles. The molecule has 0 radical (unpaired) electrons. The molecule has 2 rings (SSSR count). The standard InChI is InChI=1S/C21H21FN2O2S/c1-3-12-24(13-17-6-8-18(22)9-7-17)21(26)15-27-14-20(25)23-19-10-4-16(2)5-11-19/h1,4-11H,12-15H2,2H3,(H,23,25). The molecular weight excluding hydrogens is 363 g/mol. The zero-order valence-electron chi connectivity index (χ0n) is 15.1. The van der Waals surface area contributed by atoms with Crippen LogP contribution < -0.4 is 5.32 Å². The first-order valence-corrected chi connectivity index (χ1v) is 9.53. The number of nitrogens with one attached hydrogen (secondary N) is 1. The molecule has 0 bridgehead atoms. The molecule has 0 aliphatic carbocycles. The van der Waals surface area contributed by atoms with Crippen molar-refractivity contribution in [1.29, 1.82) is 0 Å². The minimum absolute atomic E-state index is 0.143. The lowest BCUT2D eigenvalue weighted by Crippen LogP contribution is -2.32. The maximum absolute atomic E-state index is 13.0. The van der Waals surface area contributed by atoms with E-state index in [-0.39, 0.29) is 35.7 Å². The van der Waals surface area contributed by atoms with Gasteiger partial charge in [-0.15, -0.1) is 18.2 Å². The number of carbonyl (C=O) groups excluding carboxylic acids is 2. The first-order valence-electron chi connectivity index (χ1n) is 8.38. The zero-order valence-corrected chi connectivity index (χ0v) is 15.9. The minimum atomic E-state index is -0.330. The summed E-state index contributed by atoms with van der Waals surface area (Å²) in [6.07, 6.45) is 5.34. The molecule has 0 atom stereocenters. The third-order valence-electron chi connectivity index (χ3n) is 3.72. The van der Waals surface area contributed by atoms with Crippen LogP contribution in [0.3, 0.4) is 0 Å². The largest absolute Gasteiger partial charge is 0.327 e. The zero-order chi connectivity index (χ0) is 19.6. The Bertz CT molecular complexity index is 814. The lowest BCUT2D eigenvalue weighted by Gasteiger charge is -2.20. The number of hydrogen-bond donors (Lipinski definition) is 1. The highest BCUT2D eigenvalue weighted by molar-refractivity contribution is 8.00. The number of benzene rings is 2. The topological polar surface area (TPSA) is 49.4 Å². The Labute approximate surface area is 163 Å². The maximum atomic E-state index is 13.0. The number of nitrogens with zero attached hydrogens (tertiary/aromatic N) is 1. The van der Waals surface area contributed by atoms with Gasteiger partial charge in [0.05, 0.1) is 18.1 Å². The number of carbonyl (C=O) groups is 2. The Morgan fingerprint density at radius 2 is 1.78 bits per heavy atom. The Morgan fingerprint density at radius 1 is 1.11 bits per heavy atom. The highest BCUT2D eigenvalue weighted by Crippen LogP contribution is 2.12. The van der Waals surface area contributed by atoms with Crippen LogP contribution in [0.1, 0.15) is 11.1 Å². The van der Waals surface area contributed by atoms with E-state index in [1.165, 1.54) is 28.8 Å². The van der Waals surface area contributed by atoms with Gasteiger partial charge in [0.1, 0.15) is 5.82 Å². The number of hydrogen-bond acceptors (Lipinski definition) is 3. The third-order valence-corrected chi connectivity index (χ3v) is 4.63. The lowest BCUT2D eigenvalue weighted by molar-refractivity contribution is -0.128. The summed E-state index contributed by atoms with van der Waals surface area (Å²) in [4.78, 5) is 25.9. The quantitative estimate of drug-likeness (QED) is 0.709. The molecule has 1 N–H and O–H groups in total. The average Bonchev–Trinajstić information content (AvgIpc) is 2.65. The second kappa shape index (κ2) is 10.4. The SMILES string of the molecule is C#CCN(Cc1ccc(F)cc1)C(=O)CSCC(=O)Nc1ccc(C)cc1. The van der Waals surface area contributed by atoms with Crippen molar-refractivity contribution >= 4 is 29.3 Å². The van der Waals surface area contributed by atoms with Gasteiger partial charge < -0.3 is 10.2 Å². The summed E-state index contributed by atoms with van der Waals surface area (Å²) in [5.41, 5.74) is 2.63. The Morgan fingerprint density at radius 3 is 2.41 bits per heavy atom. The van der Waals surface area contributed by atoms with Gasteiger partial charge in [-0.25, -0.2) is 4.39 Å². The number of amides is 2. The average molecular weight is 384 g/mol. The van der Waals surface area contributed by atoms with E-state index in [1.807, 2.05) is 31.2 Å². The molecule has 0 aliphatic rings. The van der Waals surface area contributed by atoms with E-state index in [9.17, 15) is 14.0 Å². The van der Waals surface area contributed by atoms with Crippen molar-refractivity contribution in [2.45, 2.75) is 13.5 Å². The van der Waals surface area contributed by atoms with Gasteiger partial charge in [-0.2, -0.15) is 0 Å². The van der Waals surface area contributed by atoms with E-state index in [0.717, 1.165) is 16.8 Å². The van der Waals surface area contributed by atoms with Gasteiger partial charge in [-0.1, -0.05) is 35.7 Å². The van der Waals surface area contributed by atoms with Crippen molar-refractivity contribution in [1.82, 2.24) is 4.90 Å². The van der Waals surface area contributed by atoms with Crippen LogP contribution in [0.25, 0.3) is 0 Å². The van der Waals surface area contributed by atoms with Gasteiger partial charge in [-0.3, -0.25) is 9.59 Å². The van der Waals surface area contributed by atoms with E-state index in [0.29, 0.717) is 6.54 Å². The normalized spacial score (nSPS) is 10.1. The molecule has 27 heavy (non-hydrogen) atoms. The summed E-state index contributed by atoms with van der Waals surface area (Å²) in [6, 6.07) is 13.4. The predicted molar refractivity (Wildman–Crippen MR) is 108 cm³/mol. The third kappa shape index (κ3) is 7.16. The molecule has 2 aromatic rings. The van der Waals surface area contributed by atoms with Gasteiger partial charge in [-0.05, 0) is 36.8 Å². The van der Waals surface area contributed by atoms with Crippen molar-refractivity contribution in [3.05, 3.63) is 65.5 Å². The number of halogens is 1. The van der Waals surface area contributed by atoms with Crippen molar-refractivity contribution in [3.8, 4) is 12.3 Å². The van der Waals surface area contributed by atoms with Crippen molar-refractivity contribution in [2.75, 3.05) is 23.4 Å². The first-order chi connectivity index (χ1) is 13.0. The number of terminal acetylenes is 1. The molecule has 6 heteroatoms. The fraction of sp³-hybridized carbons (Fsp3) is 0.238. The summed E-state index contributed by atoms with van der Waals surface area (Å²) in [6.45, 7) is 2.44.